The number of nitrogens with one attached hydrogen (secondary N) is 2. The highest BCUT2D eigenvalue weighted by atomic mass is 127. The maximum atomic E-state index is 4.34. The van der Waals surface area contributed by atoms with Crippen LogP contribution >= 0.6 is 24.0 Å². The monoisotopic (exact) mass is 422 g/mol. The average Bonchev–Trinajstić information content (AvgIpc) is 2.97. The Kier molecular flexibility index (Phi) is 9.71. The lowest BCUT2D eigenvalue weighted by Gasteiger charge is -2.41. The standard InChI is InChI=1S/C17H34N4.HI/c1-3-17(9-8-10-17)15-20-16(18-2)19-11-4-5-12-21-13-6-7-14-21;/h3-15H2,1-2H3,(H2,18,19,20);1H. The Bertz CT molecular complexity index is 317. The second-order valence-electron chi connectivity index (χ2n) is 6.82. The SMILES string of the molecule is CCC1(CNC(=NC)NCCCCN2CCCC2)CCC1.I. The van der Waals surface area contributed by atoms with E-state index in [1.54, 1.807) is 0 Å². The van der Waals surface area contributed by atoms with Crippen LogP contribution < -0.4 is 10.6 Å². The van der Waals surface area contributed by atoms with Crippen molar-refractivity contribution in [2.75, 3.05) is 39.8 Å². The summed E-state index contributed by atoms with van der Waals surface area (Å²) in [5, 5.41) is 6.98. The molecule has 5 heteroatoms. The summed E-state index contributed by atoms with van der Waals surface area (Å²) >= 11 is 0. The first kappa shape index (κ1) is 20.0. The van der Waals surface area contributed by atoms with Crippen molar-refractivity contribution >= 4 is 29.9 Å². The predicted octanol–water partition coefficient (Wildman–Crippen LogP) is 3.23. The summed E-state index contributed by atoms with van der Waals surface area (Å²) in [5.74, 6) is 0.982. The lowest BCUT2D eigenvalue weighted by Crippen LogP contribution is -2.46. The second kappa shape index (κ2) is 10.7. The third-order valence-corrected chi connectivity index (χ3v) is 5.41. The van der Waals surface area contributed by atoms with E-state index in [4.69, 9.17) is 0 Å². The summed E-state index contributed by atoms with van der Waals surface area (Å²) in [5.41, 5.74) is 0.549. The summed E-state index contributed by atoms with van der Waals surface area (Å²) < 4.78 is 0. The molecule has 0 unspecified atom stereocenters. The molecule has 130 valence electrons. The number of aliphatic imine (C=N–C) groups is 1. The van der Waals surface area contributed by atoms with Crippen LogP contribution in [0, 0.1) is 5.41 Å². The van der Waals surface area contributed by atoms with E-state index >= 15 is 0 Å². The van der Waals surface area contributed by atoms with Crippen LogP contribution in [0.4, 0.5) is 0 Å². The van der Waals surface area contributed by atoms with Crippen molar-refractivity contribution in [3.8, 4) is 0 Å². The minimum atomic E-state index is 0. The molecule has 0 aromatic rings. The molecular formula is C17H35IN4. The second-order valence-corrected chi connectivity index (χ2v) is 6.82. The summed E-state index contributed by atoms with van der Waals surface area (Å²) in [4.78, 5) is 6.93. The van der Waals surface area contributed by atoms with Gasteiger partial charge in [0.1, 0.15) is 0 Å². The lowest BCUT2D eigenvalue weighted by molar-refractivity contribution is 0.131. The molecule has 2 fully saturated rings. The van der Waals surface area contributed by atoms with Crippen molar-refractivity contribution < 1.29 is 0 Å². The zero-order chi connectivity index (χ0) is 15.0. The maximum absolute atomic E-state index is 4.34. The largest absolute Gasteiger partial charge is 0.356 e. The summed E-state index contributed by atoms with van der Waals surface area (Å²) in [6.45, 7) is 8.33. The number of rotatable bonds is 8. The third kappa shape index (κ3) is 6.22. The Morgan fingerprint density at radius 3 is 2.36 bits per heavy atom. The Morgan fingerprint density at radius 2 is 1.82 bits per heavy atom. The van der Waals surface area contributed by atoms with Crippen LogP contribution in [0.25, 0.3) is 0 Å². The van der Waals surface area contributed by atoms with Gasteiger partial charge in [0.05, 0.1) is 0 Å². The van der Waals surface area contributed by atoms with Gasteiger partial charge < -0.3 is 15.5 Å². The Morgan fingerprint density at radius 1 is 1.09 bits per heavy atom. The molecule has 1 saturated carbocycles. The third-order valence-electron chi connectivity index (χ3n) is 5.41. The molecule has 0 bridgehead atoms. The smallest absolute Gasteiger partial charge is 0.190 e. The fourth-order valence-corrected chi connectivity index (χ4v) is 3.50. The molecule has 4 nitrogen and oxygen atoms in total. The maximum Gasteiger partial charge on any atom is 0.190 e. The molecule has 1 heterocycles. The van der Waals surface area contributed by atoms with E-state index in [-0.39, 0.29) is 24.0 Å². The molecule has 2 rings (SSSR count). The van der Waals surface area contributed by atoms with Gasteiger partial charge in [-0.25, -0.2) is 0 Å². The van der Waals surface area contributed by atoms with E-state index < -0.39 is 0 Å². The highest BCUT2D eigenvalue weighted by molar-refractivity contribution is 14.0. The quantitative estimate of drug-likeness (QED) is 0.273. The van der Waals surface area contributed by atoms with Crippen molar-refractivity contribution in [1.29, 1.82) is 0 Å². The molecule has 0 aromatic carbocycles. The van der Waals surface area contributed by atoms with Gasteiger partial charge in [-0.1, -0.05) is 13.3 Å². The van der Waals surface area contributed by atoms with E-state index in [1.165, 1.54) is 71.0 Å². The highest BCUT2D eigenvalue weighted by Gasteiger charge is 2.34. The molecule has 1 saturated heterocycles. The van der Waals surface area contributed by atoms with Crippen LogP contribution in [0.5, 0.6) is 0 Å². The van der Waals surface area contributed by atoms with Crippen molar-refractivity contribution in [3.63, 3.8) is 0 Å². The molecule has 22 heavy (non-hydrogen) atoms. The van der Waals surface area contributed by atoms with Gasteiger partial charge in [-0.05, 0) is 70.0 Å². The number of guanidine groups is 1. The van der Waals surface area contributed by atoms with Crippen LogP contribution in [0.2, 0.25) is 0 Å². The molecule has 0 spiro atoms. The van der Waals surface area contributed by atoms with Crippen molar-refractivity contribution in [3.05, 3.63) is 0 Å². The summed E-state index contributed by atoms with van der Waals surface area (Å²) in [6.07, 6.45) is 10.8. The Hall–Kier alpha value is -0.0400. The van der Waals surface area contributed by atoms with Gasteiger partial charge in [0.25, 0.3) is 0 Å². The summed E-state index contributed by atoms with van der Waals surface area (Å²) in [7, 11) is 1.87. The number of nitrogens with zero attached hydrogens (tertiary/aromatic N) is 2. The predicted molar refractivity (Wildman–Crippen MR) is 106 cm³/mol. The minimum Gasteiger partial charge on any atom is -0.356 e. The summed E-state index contributed by atoms with van der Waals surface area (Å²) in [6, 6.07) is 0. The normalized spacial score (nSPS) is 21.1. The van der Waals surface area contributed by atoms with Crippen molar-refractivity contribution in [2.24, 2.45) is 10.4 Å². The van der Waals surface area contributed by atoms with E-state index in [0.717, 1.165) is 19.0 Å². The fraction of sp³-hybridized carbons (Fsp3) is 0.941. The number of unbranched alkanes of at least 4 members (excludes halogenated alkanes) is 1. The molecule has 2 N–H and O–H groups in total. The zero-order valence-corrected chi connectivity index (χ0v) is 16.8. The molecule has 0 aromatic heterocycles. The van der Waals surface area contributed by atoms with Gasteiger partial charge in [-0.3, -0.25) is 4.99 Å². The Labute approximate surface area is 153 Å². The van der Waals surface area contributed by atoms with Crippen LogP contribution in [0.1, 0.15) is 58.3 Å². The highest BCUT2D eigenvalue weighted by Crippen LogP contribution is 2.42. The number of hydrogen-bond acceptors (Lipinski definition) is 2. The van der Waals surface area contributed by atoms with E-state index in [0.29, 0.717) is 5.41 Å². The first-order chi connectivity index (χ1) is 10.3. The van der Waals surface area contributed by atoms with E-state index in [9.17, 15) is 0 Å². The Balaban J connectivity index is 0.00000242. The van der Waals surface area contributed by atoms with Gasteiger partial charge in [-0.15, -0.1) is 24.0 Å². The topological polar surface area (TPSA) is 39.7 Å². The van der Waals surface area contributed by atoms with Crippen LogP contribution in [0.3, 0.4) is 0 Å². The van der Waals surface area contributed by atoms with Crippen LogP contribution in [0.15, 0.2) is 4.99 Å². The van der Waals surface area contributed by atoms with Crippen molar-refractivity contribution in [2.45, 2.75) is 58.3 Å². The molecule has 0 amide bonds. The van der Waals surface area contributed by atoms with Gasteiger partial charge in [0, 0.05) is 20.1 Å². The van der Waals surface area contributed by atoms with Gasteiger partial charge in [0.2, 0.25) is 0 Å². The fourth-order valence-electron chi connectivity index (χ4n) is 3.50. The first-order valence-corrected chi connectivity index (χ1v) is 8.95. The molecular weight excluding hydrogens is 387 g/mol. The van der Waals surface area contributed by atoms with E-state index in [2.05, 4.69) is 27.4 Å². The number of likely N-dealkylation sites (tertiary alicyclic amines) is 1. The molecule has 2 aliphatic rings. The van der Waals surface area contributed by atoms with Crippen LogP contribution in [-0.2, 0) is 0 Å². The van der Waals surface area contributed by atoms with Gasteiger partial charge in [0.15, 0.2) is 5.96 Å². The van der Waals surface area contributed by atoms with E-state index in [1.807, 2.05) is 7.05 Å². The molecule has 1 aliphatic heterocycles. The zero-order valence-electron chi connectivity index (χ0n) is 14.5. The van der Waals surface area contributed by atoms with Gasteiger partial charge >= 0.3 is 0 Å². The average molecular weight is 422 g/mol. The van der Waals surface area contributed by atoms with Crippen LogP contribution in [-0.4, -0.2) is 50.6 Å². The molecule has 1 aliphatic carbocycles. The number of halogens is 1. The minimum absolute atomic E-state index is 0. The molecule has 0 atom stereocenters. The lowest BCUT2D eigenvalue weighted by atomic mass is 9.67. The van der Waals surface area contributed by atoms with Gasteiger partial charge in [-0.2, -0.15) is 0 Å². The first-order valence-electron chi connectivity index (χ1n) is 8.95. The molecule has 0 radical (unpaired) electrons. The van der Waals surface area contributed by atoms with Crippen molar-refractivity contribution in [1.82, 2.24) is 15.5 Å². The number of hydrogen-bond donors (Lipinski definition) is 2.